The van der Waals surface area contributed by atoms with E-state index in [0.717, 1.165) is 5.56 Å². The van der Waals surface area contributed by atoms with Gasteiger partial charge in [-0.25, -0.2) is 14.4 Å². The molecule has 0 amide bonds. The van der Waals surface area contributed by atoms with Gasteiger partial charge in [0.1, 0.15) is 17.8 Å². The average Bonchev–Trinajstić information content (AvgIpc) is 3.01. The Bertz CT molecular complexity index is 902. The highest BCUT2D eigenvalue weighted by Gasteiger charge is 2.12. The zero-order chi connectivity index (χ0) is 17.6. The van der Waals surface area contributed by atoms with E-state index in [-0.39, 0.29) is 12.4 Å². The number of hydrogen-bond donors (Lipinski definition) is 0. The molecule has 0 radical (unpaired) electrons. The average molecular weight is 337 g/mol. The topological polar surface area (TPSA) is 65.2 Å². The maximum absolute atomic E-state index is 14.0. The fraction of sp³-hybridized carbons (Fsp3) is 0.111. The smallest absolute Gasteiger partial charge is 0.180 e. The van der Waals surface area contributed by atoms with E-state index >= 15 is 0 Å². The molecule has 2 heterocycles. The van der Waals surface area contributed by atoms with E-state index in [9.17, 15) is 4.39 Å². The van der Waals surface area contributed by atoms with E-state index in [0.29, 0.717) is 22.8 Å². The van der Waals surface area contributed by atoms with Crippen molar-refractivity contribution in [3.8, 4) is 11.5 Å². The Balaban J connectivity index is 1.98. The number of nitrogens with zero attached hydrogens (tertiary/aromatic N) is 5. The molecule has 7 heteroatoms. The second-order valence-electron chi connectivity index (χ2n) is 5.32. The third-order valence-electron chi connectivity index (χ3n) is 3.47. The number of hydrogen-bond acceptors (Lipinski definition) is 5. The van der Waals surface area contributed by atoms with Crippen molar-refractivity contribution in [3.63, 3.8) is 0 Å². The summed E-state index contributed by atoms with van der Waals surface area (Å²) < 4.78 is 15.6. The van der Waals surface area contributed by atoms with E-state index in [4.69, 9.17) is 4.84 Å². The second-order valence-corrected chi connectivity index (χ2v) is 5.32. The Kier molecular flexibility index (Phi) is 4.94. The van der Waals surface area contributed by atoms with Gasteiger partial charge in [-0.3, -0.25) is 4.68 Å². The van der Waals surface area contributed by atoms with Gasteiger partial charge in [0.15, 0.2) is 5.82 Å². The molecule has 0 fully saturated rings. The van der Waals surface area contributed by atoms with Crippen molar-refractivity contribution in [2.45, 2.75) is 13.5 Å². The van der Waals surface area contributed by atoms with Crippen LogP contribution in [0.4, 0.5) is 4.39 Å². The van der Waals surface area contributed by atoms with Crippen LogP contribution in [-0.4, -0.2) is 26.5 Å². The largest absolute Gasteiger partial charge is 0.365 e. The minimum Gasteiger partial charge on any atom is -0.365 e. The molecule has 126 valence electrons. The van der Waals surface area contributed by atoms with E-state index in [2.05, 4.69) is 26.9 Å². The van der Waals surface area contributed by atoms with Crippen LogP contribution in [0.15, 0.2) is 54.1 Å². The van der Waals surface area contributed by atoms with Crippen LogP contribution < -0.4 is 0 Å². The number of benzene rings is 1. The molecule has 0 aliphatic rings. The molecule has 0 atom stereocenters. The minimum atomic E-state index is -0.287. The molecule has 6 nitrogen and oxygen atoms in total. The first kappa shape index (κ1) is 16.5. The second kappa shape index (κ2) is 7.48. The molecule has 0 saturated heterocycles. The molecule has 0 spiro atoms. The molecular weight excluding hydrogens is 321 g/mol. The molecule has 1 aromatic carbocycles. The molecule has 25 heavy (non-hydrogen) atoms. The summed E-state index contributed by atoms with van der Waals surface area (Å²) >= 11 is 0. The molecule has 0 aliphatic heterocycles. The van der Waals surface area contributed by atoms with Gasteiger partial charge in [0.25, 0.3) is 0 Å². The molecule has 2 aromatic heterocycles. The minimum absolute atomic E-state index is 0.264. The molecule has 0 aliphatic carbocycles. The first-order valence-electron chi connectivity index (χ1n) is 7.56. The molecule has 0 bridgehead atoms. The lowest BCUT2D eigenvalue weighted by Crippen LogP contribution is -2.06. The van der Waals surface area contributed by atoms with Gasteiger partial charge < -0.3 is 4.84 Å². The molecule has 3 aromatic rings. The van der Waals surface area contributed by atoms with E-state index in [1.165, 1.54) is 12.3 Å². The standard InChI is InChI=1S/C18H16FN5O/c1-13-10-21-18(22-11-13)17-9-15(7-8-25-20-2)24(23-17)12-14-5-3-4-6-16(14)19/h3-11H,2,12H2,1H3/b8-7-. The summed E-state index contributed by atoms with van der Waals surface area (Å²) in [4.78, 5) is 13.3. The molecule has 3 rings (SSSR count). The number of halogens is 1. The highest BCUT2D eigenvalue weighted by molar-refractivity contribution is 5.56. The predicted molar refractivity (Wildman–Crippen MR) is 93.2 cm³/mol. The zero-order valence-electron chi connectivity index (χ0n) is 13.6. The Labute approximate surface area is 144 Å². The van der Waals surface area contributed by atoms with Crippen molar-refractivity contribution in [3.05, 3.63) is 71.6 Å². The summed E-state index contributed by atoms with van der Waals surface area (Å²) in [7, 11) is 0. The van der Waals surface area contributed by atoms with E-state index in [1.807, 2.05) is 6.92 Å². The molecule has 0 N–H and O–H groups in total. The van der Waals surface area contributed by atoms with Crippen LogP contribution in [-0.2, 0) is 11.4 Å². The zero-order valence-corrected chi connectivity index (χ0v) is 13.6. The lowest BCUT2D eigenvalue weighted by molar-refractivity contribution is 0.275. The normalized spacial score (nSPS) is 11.0. The fourth-order valence-corrected chi connectivity index (χ4v) is 2.26. The van der Waals surface area contributed by atoms with Gasteiger partial charge in [-0.1, -0.05) is 23.4 Å². The third-order valence-corrected chi connectivity index (χ3v) is 3.47. The maximum atomic E-state index is 14.0. The van der Waals surface area contributed by atoms with Crippen LogP contribution in [0, 0.1) is 12.7 Å². The lowest BCUT2D eigenvalue weighted by atomic mass is 10.2. The van der Waals surface area contributed by atoms with Crippen molar-refractivity contribution in [1.29, 1.82) is 0 Å². The van der Waals surface area contributed by atoms with E-state index in [1.54, 1.807) is 47.4 Å². The maximum Gasteiger partial charge on any atom is 0.180 e. The third kappa shape index (κ3) is 3.95. The number of rotatable bonds is 6. The first-order valence-corrected chi connectivity index (χ1v) is 7.56. The summed E-state index contributed by atoms with van der Waals surface area (Å²) in [6, 6.07) is 8.37. The van der Waals surface area contributed by atoms with E-state index < -0.39 is 0 Å². The van der Waals surface area contributed by atoms with Gasteiger partial charge >= 0.3 is 0 Å². The van der Waals surface area contributed by atoms with Crippen molar-refractivity contribution in [2.24, 2.45) is 5.16 Å². The number of oxime groups is 1. The summed E-state index contributed by atoms with van der Waals surface area (Å²) in [6.07, 6.45) is 6.48. The van der Waals surface area contributed by atoms with Crippen molar-refractivity contribution in [1.82, 2.24) is 19.7 Å². The molecule has 0 saturated carbocycles. The van der Waals surface area contributed by atoms with Crippen LogP contribution in [0.5, 0.6) is 0 Å². The van der Waals surface area contributed by atoms with Crippen LogP contribution in [0.25, 0.3) is 17.6 Å². The highest BCUT2D eigenvalue weighted by atomic mass is 19.1. The summed E-state index contributed by atoms with van der Waals surface area (Å²) in [6.45, 7) is 5.41. The quantitative estimate of drug-likeness (QED) is 0.393. The Morgan fingerprint density at radius 2 is 2.04 bits per heavy atom. The van der Waals surface area contributed by atoms with Gasteiger partial charge in [-0.15, -0.1) is 0 Å². The predicted octanol–water partition coefficient (Wildman–Crippen LogP) is 3.44. The van der Waals surface area contributed by atoms with Crippen LogP contribution >= 0.6 is 0 Å². The SMILES string of the molecule is C=NO/C=C\c1cc(-c2ncc(C)cn2)nn1Cc1ccccc1F. The van der Waals surface area contributed by atoms with Crippen LogP contribution in [0.2, 0.25) is 0 Å². The highest BCUT2D eigenvalue weighted by Crippen LogP contribution is 2.18. The summed E-state index contributed by atoms with van der Waals surface area (Å²) in [5.41, 5.74) is 2.77. The van der Waals surface area contributed by atoms with Gasteiger partial charge in [0, 0.05) is 30.8 Å². The van der Waals surface area contributed by atoms with Gasteiger partial charge in [-0.05, 0) is 24.6 Å². The molecular formula is C18H16FN5O. The van der Waals surface area contributed by atoms with Gasteiger partial charge in [-0.2, -0.15) is 5.10 Å². The van der Waals surface area contributed by atoms with Crippen LogP contribution in [0.1, 0.15) is 16.8 Å². The Morgan fingerprint density at radius 3 is 2.76 bits per heavy atom. The molecule has 0 unspecified atom stereocenters. The van der Waals surface area contributed by atoms with Gasteiger partial charge in [0.2, 0.25) is 0 Å². The van der Waals surface area contributed by atoms with Crippen molar-refractivity contribution in [2.75, 3.05) is 0 Å². The number of aromatic nitrogens is 4. The lowest BCUT2D eigenvalue weighted by Gasteiger charge is -2.05. The Hall–Kier alpha value is -3.35. The van der Waals surface area contributed by atoms with Crippen LogP contribution in [0.3, 0.4) is 0 Å². The summed E-state index contributed by atoms with van der Waals surface area (Å²) in [5, 5.41) is 7.80. The van der Waals surface area contributed by atoms with Crippen molar-refractivity contribution < 1.29 is 9.23 Å². The first-order chi connectivity index (χ1) is 12.2. The number of aryl methyl sites for hydroxylation is 1. The van der Waals surface area contributed by atoms with Gasteiger partial charge in [0.05, 0.1) is 12.2 Å². The Morgan fingerprint density at radius 1 is 1.28 bits per heavy atom. The summed E-state index contributed by atoms with van der Waals surface area (Å²) in [5.74, 6) is 0.209. The fourth-order valence-electron chi connectivity index (χ4n) is 2.26. The monoisotopic (exact) mass is 337 g/mol. The van der Waals surface area contributed by atoms with Crippen molar-refractivity contribution >= 4 is 12.8 Å².